The average molecular weight is 413 g/mol. The molecule has 0 saturated carbocycles. The molecule has 0 aliphatic heterocycles. The van der Waals surface area contributed by atoms with Gasteiger partial charge in [-0.15, -0.1) is 0 Å². The number of nitrogens with one attached hydrogen (secondary N) is 2. The Labute approximate surface area is 179 Å². The smallest absolute Gasteiger partial charge is 0.258 e. The van der Waals surface area contributed by atoms with Crippen molar-refractivity contribution in [3.05, 3.63) is 90.6 Å². The highest BCUT2D eigenvalue weighted by Crippen LogP contribution is 2.22. The predicted octanol–water partition coefficient (Wildman–Crippen LogP) is 2.69. The third kappa shape index (κ3) is 4.93. The van der Waals surface area contributed by atoms with Gasteiger partial charge in [0.05, 0.1) is 12.0 Å². The number of aromatic amines is 1. The van der Waals surface area contributed by atoms with Crippen molar-refractivity contribution in [2.75, 3.05) is 6.61 Å². The van der Waals surface area contributed by atoms with E-state index in [-0.39, 0.29) is 13.0 Å². The van der Waals surface area contributed by atoms with Crippen LogP contribution in [0.1, 0.15) is 5.56 Å². The lowest BCUT2D eigenvalue weighted by Gasteiger charge is -2.19. The van der Waals surface area contributed by atoms with Gasteiger partial charge in [0.25, 0.3) is 5.91 Å². The maximum Gasteiger partial charge on any atom is 0.258 e. The van der Waals surface area contributed by atoms with Gasteiger partial charge in [-0.25, -0.2) is 0 Å². The van der Waals surface area contributed by atoms with E-state index in [0.717, 1.165) is 27.6 Å². The van der Waals surface area contributed by atoms with E-state index in [1.54, 1.807) is 18.3 Å². The molecule has 6 heteroatoms. The van der Waals surface area contributed by atoms with Gasteiger partial charge in [0.1, 0.15) is 5.75 Å². The molecule has 0 bridgehead atoms. The molecule has 1 amide bonds. The number of ether oxygens (including phenoxy) is 1. The van der Waals surface area contributed by atoms with Crippen molar-refractivity contribution in [3.63, 3.8) is 0 Å². The SMILES string of the molecule is O=C(COc1ccc(-c2ccccc2)cc1)N[C@H](Cc1c[nH]c2ccccc12)C(=O)[O-]. The molecule has 3 aromatic carbocycles. The number of rotatable bonds is 8. The Kier molecular flexibility index (Phi) is 5.98. The molecule has 0 unspecified atom stereocenters. The van der Waals surface area contributed by atoms with Gasteiger partial charge in [-0.1, -0.05) is 60.7 Å². The van der Waals surface area contributed by atoms with E-state index in [0.29, 0.717) is 5.75 Å². The Balaban J connectivity index is 1.35. The Morgan fingerprint density at radius 3 is 2.32 bits per heavy atom. The number of fused-ring (bicyclic) bond motifs is 1. The number of amides is 1. The second-order valence-electron chi connectivity index (χ2n) is 7.18. The summed E-state index contributed by atoms with van der Waals surface area (Å²) in [7, 11) is 0. The molecule has 6 nitrogen and oxygen atoms in total. The summed E-state index contributed by atoms with van der Waals surface area (Å²) in [5.74, 6) is -1.34. The summed E-state index contributed by atoms with van der Waals surface area (Å²) in [5, 5.41) is 15.0. The highest BCUT2D eigenvalue weighted by Gasteiger charge is 2.17. The molecule has 31 heavy (non-hydrogen) atoms. The molecule has 0 fully saturated rings. The van der Waals surface area contributed by atoms with Gasteiger partial charge in [-0.3, -0.25) is 4.79 Å². The van der Waals surface area contributed by atoms with Crippen molar-refractivity contribution >= 4 is 22.8 Å². The van der Waals surface area contributed by atoms with Gasteiger partial charge < -0.3 is 24.9 Å². The van der Waals surface area contributed by atoms with E-state index < -0.39 is 17.9 Å². The van der Waals surface area contributed by atoms with Crippen LogP contribution in [0.25, 0.3) is 22.0 Å². The molecule has 0 aliphatic rings. The number of carbonyl (C=O) groups excluding carboxylic acids is 2. The zero-order valence-electron chi connectivity index (χ0n) is 16.7. The molecule has 156 valence electrons. The van der Waals surface area contributed by atoms with Gasteiger partial charge >= 0.3 is 0 Å². The van der Waals surface area contributed by atoms with Crippen molar-refractivity contribution in [1.29, 1.82) is 0 Å². The zero-order valence-corrected chi connectivity index (χ0v) is 16.7. The summed E-state index contributed by atoms with van der Waals surface area (Å²) in [6, 6.07) is 23.7. The van der Waals surface area contributed by atoms with E-state index in [2.05, 4.69) is 10.3 Å². The number of benzene rings is 3. The van der Waals surface area contributed by atoms with Crippen LogP contribution in [0.3, 0.4) is 0 Å². The van der Waals surface area contributed by atoms with Crippen molar-refractivity contribution < 1.29 is 19.4 Å². The molecule has 1 heterocycles. The molecule has 0 aliphatic carbocycles. The summed E-state index contributed by atoms with van der Waals surface area (Å²) in [5.41, 5.74) is 3.82. The lowest BCUT2D eigenvalue weighted by molar-refractivity contribution is -0.308. The second-order valence-corrected chi connectivity index (χ2v) is 7.18. The summed E-state index contributed by atoms with van der Waals surface area (Å²) in [6.07, 6.45) is 1.86. The molecule has 1 aromatic heterocycles. The van der Waals surface area contributed by atoms with Crippen LogP contribution in [0, 0.1) is 0 Å². The van der Waals surface area contributed by atoms with E-state index in [1.807, 2.05) is 66.7 Å². The minimum atomic E-state index is -1.34. The first-order chi connectivity index (χ1) is 15.1. The average Bonchev–Trinajstić information content (AvgIpc) is 3.21. The Morgan fingerprint density at radius 1 is 0.903 bits per heavy atom. The number of carboxylic acids is 1. The first kappa shape index (κ1) is 20.2. The van der Waals surface area contributed by atoms with Crippen LogP contribution in [0.15, 0.2) is 85.1 Å². The fourth-order valence-corrected chi connectivity index (χ4v) is 3.47. The van der Waals surface area contributed by atoms with Crippen LogP contribution in [-0.2, 0) is 16.0 Å². The molecule has 0 radical (unpaired) electrons. The fourth-order valence-electron chi connectivity index (χ4n) is 3.47. The molecule has 2 N–H and O–H groups in total. The first-order valence-corrected chi connectivity index (χ1v) is 9.93. The van der Waals surface area contributed by atoms with Gasteiger partial charge in [-0.2, -0.15) is 0 Å². The van der Waals surface area contributed by atoms with E-state index >= 15 is 0 Å². The molecular weight excluding hydrogens is 392 g/mol. The molecule has 0 spiro atoms. The predicted molar refractivity (Wildman–Crippen MR) is 116 cm³/mol. The summed E-state index contributed by atoms with van der Waals surface area (Å²) < 4.78 is 5.51. The van der Waals surface area contributed by atoms with Crippen LogP contribution < -0.4 is 15.2 Å². The summed E-state index contributed by atoms with van der Waals surface area (Å²) in [6.45, 7) is -0.289. The fraction of sp³-hybridized carbons (Fsp3) is 0.120. The maximum absolute atomic E-state index is 12.3. The second kappa shape index (κ2) is 9.17. The standard InChI is InChI=1S/C25H22N2O4/c28-24(16-31-20-12-10-18(11-13-20)17-6-2-1-3-7-17)27-23(25(29)30)14-19-15-26-22-9-5-4-8-21(19)22/h1-13,15,23,26H,14,16H2,(H,27,28)(H,29,30)/p-1/t23-/m1/s1. The van der Waals surface area contributed by atoms with Crippen molar-refractivity contribution in [2.24, 2.45) is 0 Å². The largest absolute Gasteiger partial charge is 0.548 e. The van der Waals surface area contributed by atoms with Crippen molar-refractivity contribution in [2.45, 2.75) is 12.5 Å². The van der Waals surface area contributed by atoms with Crippen LogP contribution in [0.5, 0.6) is 5.75 Å². The van der Waals surface area contributed by atoms with Crippen molar-refractivity contribution in [1.82, 2.24) is 10.3 Å². The Morgan fingerprint density at radius 2 is 1.58 bits per heavy atom. The van der Waals surface area contributed by atoms with E-state index in [9.17, 15) is 14.7 Å². The number of aromatic nitrogens is 1. The van der Waals surface area contributed by atoms with Gasteiger partial charge in [0.15, 0.2) is 6.61 Å². The number of hydrogen-bond acceptors (Lipinski definition) is 4. The van der Waals surface area contributed by atoms with Gasteiger partial charge in [-0.05, 0) is 34.9 Å². The van der Waals surface area contributed by atoms with E-state index in [1.165, 1.54) is 0 Å². The first-order valence-electron chi connectivity index (χ1n) is 9.93. The maximum atomic E-state index is 12.3. The Hall–Kier alpha value is -4.06. The third-order valence-electron chi connectivity index (χ3n) is 5.05. The van der Waals surface area contributed by atoms with Crippen LogP contribution in [0.2, 0.25) is 0 Å². The van der Waals surface area contributed by atoms with Crippen molar-refractivity contribution in [3.8, 4) is 16.9 Å². The molecule has 4 rings (SSSR count). The van der Waals surface area contributed by atoms with Gasteiger partial charge in [0.2, 0.25) is 0 Å². The van der Waals surface area contributed by atoms with E-state index in [4.69, 9.17) is 4.74 Å². The highest BCUT2D eigenvalue weighted by molar-refractivity contribution is 5.86. The quantitative estimate of drug-likeness (QED) is 0.464. The third-order valence-corrected chi connectivity index (χ3v) is 5.05. The monoisotopic (exact) mass is 413 g/mol. The topological polar surface area (TPSA) is 94.2 Å². The molecular formula is C25H21N2O4-. The molecule has 4 aromatic rings. The number of carbonyl (C=O) groups is 2. The number of hydrogen-bond donors (Lipinski definition) is 2. The molecule has 0 saturated heterocycles. The number of H-pyrrole nitrogens is 1. The summed E-state index contributed by atoms with van der Waals surface area (Å²) >= 11 is 0. The lowest BCUT2D eigenvalue weighted by Crippen LogP contribution is -2.50. The number of aliphatic carboxylic acids is 1. The Bertz CT molecular complexity index is 1180. The normalized spacial score (nSPS) is 11.7. The highest BCUT2D eigenvalue weighted by atomic mass is 16.5. The van der Waals surface area contributed by atoms with Crippen LogP contribution in [-0.4, -0.2) is 29.5 Å². The summed E-state index contributed by atoms with van der Waals surface area (Å²) in [4.78, 5) is 26.9. The minimum Gasteiger partial charge on any atom is -0.548 e. The van der Waals surface area contributed by atoms with Crippen LogP contribution in [0.4, 0.5) is 0 Å². The lowest BCUT2D eigenvalue weighted by atomic mass is 10.1. The zero-order chi connectivity index (χ0) is 21.6. The van der Waals surface area contributed by atoms with Crippen LogP contribution >= 0.6 is 0 Å². The minimum absolute atomic E-state index is 0.115. The molecule has 1 atom stereocenters. The number of carboxylic acid groups (broad SMARTS) is 1. The van der Waals surface area contributed by atoms with Gasteiger partial charge in [0, 0.05) is 23.5 Å². The number of para-hydroxylation sites is 1.